The van der Waals surface area contributed by atoms with Gasteiger partial charge in [-0.15, -0.1) is 0 Å². The standard InChI is InChI=1S/C17H19N3/c1-19-10-2-4-16(19)17-5-3-11-20(17)13-15-8-6-14(12-18)7-9-15/h2,4,6-10,17H,3,5,11,13H2,1H3. The third-order valence-electron chi connectivity index (χ3n) is 4.16. The Hall–Kier alpha value is -2.05. The molecule has 0 saturated carbocycles. The van der Waals surface area contributed by atoms with Crippen molar-refractivity contribution in [1.82, 2.24) is 9.47 Å². The summed E-state index contributed by atoms with van der Waals surface area (Å²) in [7, 11) is 2.12. The third kappa shape index (κ3) is 2.48. The number of hydrogen-bond acceptors (Lipinski definition) is 2. The number of rotatable bonds is 3. The molecule has 20 heavy (non-hydrogen) atoms. The summed E-state index contributed by atoms with van der Waals surface area (Å²) >= 11 is 0. The van der Waals surface area contributed by atoms with Crippen LogP contribution in [0.1, 0.15) is 35.7 Å². The second-order valence-corrected chi connectivity index (χ2v) is 5.48. The molecule has 2 heterocycles. The minimum absolute atomic E-state index is 0.519. The van der Waals surface area contributed by atoms with Crippen LogP contribution in [0.2, 0.25) is 0 Å². The van der Waals surface area contributed by atoms with Gasteiger partial charge in [-0.05, 0) is 49.2 Å². The second-order valence-electron chi connectivity index (χ2n) is 5.48. The van der Waals surface area contributed by atoms with Gasteiger partial charge >= 0.3 is 0 Å². The summed E-state index contributed by atoms with van der Waals surface area (Å²) in [6.07, 6.45) is 4.60. The fourth-order valence-electron chi connectivity index (χ4n) is 3.09. The number of benzene rings is 1. The first-order valence-electron chi connectivity index (χ1n) is 7.12. The van der Waals surface area contributed by atoms with Crippen LogP contribution in [0.4, 0.5) is 0 Å². The Kier molecular flexibility index (Phi) is 3.58. The molecule has 1 atom stereocenters. The summed E-state index contributed by atoms with van der Waals surface area (Å²) in [5.41, 5.74) is 3.41. The SMILES string of the molecule is Cn1cccc1C1CCCN1Cc1ccc(C#N)cc1. The molecule has 0 amide bonds. The maximum Gasteiger partial charge on any atom is 0.0991 e. The van der Waals surface area contributed by atoms with Gasteiger partial charge in [0.15, 0.2) is 0 Å². The molecule has 0 bridgehead atoms. The maximum atomic E-state index is 8.85. The summed E-state index contributed by atoms with van der Waals surface area (Å²) < 4.78 is 2.22. The third-order valence-corrected chi connectivity index (χ3v) is 4.16. The highest BCUT2D eigenvalue weighted by Gasteiger charge is 2.27. The molecule has 1 unspecified atom stereocenters. The number of likely N-dealkylation sites (tertiary alicyclic amines) is 1. The first-order valence-corrected chi connectivity index (χ1v) is 7.12. The topological polar surface area (TPSA) is 32.0 Å². The summed E-state index contributed by atoms with van der Waals surface area (Å²) in [5.74, 6) is 0. The Morgan fingerprint density at radius 1 is 1.25 bits per heavy atom. The van der Waals surface area contributed by atoms with Crippen LogP contribution < -0.4 is 0 Å². The smallest absolute Gasteiger partial charge is 0.0991 e. The van der Waals surface area contributed by atoms with Crippen LogP contribution in [-0.4, -0.2) is 16.0 Å². The fourth-order valence-corrected chi connectivity index (χ4v) is 3.09. The van der Waals surface area contributed by atoms with Gasteiger partial charge in [0.05, 0.1) is 17.7 Å². The predicted octanol–water partition coefficient (Wildman–Crippen LogP) is 3.23. The highest BCUT2D eigenvalue weighted by atomic mass is 15.2. The van der Waals surface area contributed by atoms with Gasteiger partial charge in [-0.3, -0.25) is 4.90 Å². The van der Waals surface area contributed by atoms with Crippen molar-refractivity contribution in [2.75, 3.05) is 6.54 Å². The normalized spacial score (nSPS) is 19.1. The molecule has 1 fully saturated rings. The van der Waals surface area contributed by atoms with Gasteiger partial charge in [0.1, 0.15) is 0 Å². The van der Waals surface area contributed by atoms with E-state index in [1.54, 1.807) is 0 Å². The number of aryl methyl sites for hydroxylation is 1. The fraction of sp³-hybridized carbons (Fsp3) is 0.353. The van der Waals surface area contributed by atoms with E-state index in [2.05, 4.69) is 53.0 Å². The van der Waals surface area contributed by atoms with E-state index in [-0.39, 0.29) is 0 Å². The van der Waals surface area contributed by atoms with Gasteiger partial charge in [-0.25, -0.2) is 0 Å². The van der Waals surface area contributed by atoms with Gasteiger partial charge in [0.25, 0.3) is 0 Å². The van der Waals surface area contributed by atoms with Crippen LogP contribution in [0.5, 0.6) is 0 Å². The minimum atomic E-state index is 0.519. The van der Waals surface area contributed by atoms with E-state index in [9.17, 15) is 0 Å². The van der Waals surface area contributed by atoms with Gasteiger partial charge in [0, 0.05) is 25.5 Å². The molecule has 102 valence electrons. The Labute approximate surface area is 120 Å². The lowest BCUT2D eigenvalue weighted by Gasteiger charge is -2.25. The zero-order valence-corrected chi connectivity index (χ0v) is 11.8. The largest absolute Gasteiger partial charge is 0.353 e. The van der Waals surface area contributed by atoms with Crippen LogP contribution in [0.3, 0.4) is 0 Å². The molecule has 3 nitrogen and oxygen atoms in total. The first-order chi connectivity index (χ1) is 9.78. The molecular weight excluding hydrogens is 246 g/mol. The summed E-state index contributed by atoms with van der Waals surface area (Å²) in [6, 6.07) is 15.0. The molecule has 2 aromatic rings. The van der Waals surface area contributed by atoms with Gasteiger partial charge in [0.2, 0.25) is 0 Å². The van der Waals surface area contributed by atoms with Crippen LogP contribution in [-0.2, 0) is 13.6 Å². The van der Waals surface area contributed by atoms with Crippen molar-refractivity contribution in [3.05, 3.63) is 59.4 Å². The van der Waals surface area contributed by atoms with E-state index in [0.29, 0.717) is 6.04 Å². The Bertz CT molecular complexity index is 618. The van der Waals surface area contributed by atoms with Crippen molar-refractivity contribution in [2.45, 2.75) is 25.4 Å². The predicted molar refractivity (Wildman–Crippen MR) is 79.0 cm³/mol. The van der Waals surface area contributed by atoms with Gasteiger partial charge in [-0.2, -0.15) is 5.26 Å². The van der Waals surface area contributed by atoms with Crippen LogP contribution in [0, 0.1) is 11.3 Å². The molecule has 1 aliphatic heterocycles. The van der Waals surface area contributed by atoms with Crippen molar-refractivity contribution >= 4 is 0 Å². The molecular formula is C17H19N3. The molecule has 0 N–H and O–H groups in total. The Balaban J connectivity index is 1.76. The quantitative estimate of drug-likeness (QED) is 0.853. The average Bonchev–Trinajstić information content (AvgIpc) is 3.08. The van der Waals surface area contributed by atoms with Crippen LogP contribution >= 0.6 is 0 Å². The van der Waals surface area contributed by atoms with Crippen LogP contribution in [0.15, 0.2) is 42.6 Å². The van der Waals surface area contributed by atoms with E-state index in [0.717, 1.165) is 18.7 Å². The summed E-state index contributed by atoms with van der Waals surface area (Å²) in [4.78, 5) is 2.54. The number of hydrogen-bond donors (Lipinski definition) is 0. The van der Waals surface area contributed by atoms with Crippen molar-refractivity contribution in [2.24, 2.45) is 7.05 Å². The summed E-state index contributed by atoms with van der Waals surface area (Å²) in [5, 5.41) is 8.85. The lowest BCUT2D eigenvalue weighted by Crippen LogP contribution is -2.24. The van der Waals surface area contributed by atoms with E-state index in [1.165, 1.54) is 24.1 Å². The monoisotopic (exact) mass is 265 g/mol. The molecule has 1 aliphatic rings. The number of aromatic nitrogens is 1. The van der Waals surface area contributed by atoms with E-state index < -0.39 is 0 Å². The van der Waals surface area contributed by atoms with E-state index in [4.69, 9.17) is 5.26 Å². The average molecular weight is 265 g/mol. The van der Waals surface area contributed by atoms with E-state index in [1.807, 2.05) is 12.1 Å². The van der Waals surface area contributed by atoms with E-state index >= 15 is 0 Å². The zero-order valence-electron chi connectivity index (χ0n) is 11.8. The Morgan fingerprint density at radius 2 is 2.05 bits per heavy atom. The maximum absolute atomic E-state index is 8.85. The second kappa shape index (κ2) is 5.52. The molecule has 1 saturated heterocycles. The van der Waals surface area contributed by atoms with Gasteiger partial charge < -0.3 is 4.57 Å². The van der Waals surface area contributed by atoms with Gasteiger partial charge in [-0.1, -0.05) is 12.1 Å². The Morgan fingerprint density at radius 3 is 2.70 bits per heavy atom. The lowest BCUT2D eigenvalue weighted by atomic mass is 10.1. The van der Waals surface area contributed by atoms with Crippen molar-refractivity contribution in [3.63, 3.8) is 0 Å². The molecule has 1 aromatic carbocycles. The molecule has 3 rings (SSSR count). The highest BCUT2D eigenvalue weighted by molar-refractivity contribution is 5.31. The lowest BCUT2D eigenvalue weighted by molar-refractivity contribution is 0.241. The molecule has 0 radical (unpaired) electrons. The molecule has 0 spiro atoms. The van der Waals surface area contributed by atoms with Crippen molar-refractivity contribution in [1.29, 1.82) is 5.26 Å². The molecule has 1 aromatic heterocycles. The zero-order chi connectivity index (χ0) is 13.9. The first kappa shape index (κ1) is 13.0. The number of nitrogens with zero attached hydrogens (tertiary/aromatic N) is 3. The number of nitriles is 1. The highest BCUT2D eigenvalue weighted by Crippen LogP contribution is 2.33. The van der Waals surface area contributed by atoms with Crippen molar-refractivity contribution < 1.29 is 0 Å². The van der Waals surface area contributed by atoms with Crippen molar-refractivity contribution in [3.8, 4) is 6.07 Å². The van der Waals surface area contributed by atoms with Crippen LogP contribution in [0.25, 0.3) is 0 Å². The molecule has 0 aliphatic carbocycles. The summed E-state index contributed by atoms with van der Waals surface area (Å²) in [6.45, 7) is 2.11. The molecule has 3 heteroatoms. The minimum Gasteiger partial charge on any atom is -0.353 e.